The van der Waals surface area contributed by atoms with Crippen molar-refractivity contribution in [2.45, 2.75) is 105 Å². The van der Waals surface area contributed by atoms with Crippen LogP contribution in [0.25, 0.3) is 0 Å². The van der Waals surface area contributed by atoms with Crippen LogP contribution in [0.1, 0.15) is 12.8 Å². The van der Waals surface area contributed by atoms with Crippen LogP contribution in [0.3, 0.4) is 0 Å². The molecule has 4 heterocycles. The number of hydroxylamine groups is 4. The first kappa shape index (κ1) is 37.7. The van der Waals surface area contributed by atoms with Crippen molar-refractivity contribution >= 4 is 17.8 Å². The van der Waals surface area contributed by atoms with Crippen LogP contribution in [0.5, 0.6) is 0 Å². The first-order valence-corrected chi connectivity index (χ1v) is 14.5. The molecular weight excluding hydrogens is 648 g/mol. The van der Waals surface area contributed by atoms with Gasteiger partial charge in [0.15, 0.2) is 25.4 Å². The van der Waals surface area contributed by atoms with E-state index in [1.54, 1.807) is 0 Å². The molecule has 0 bridgehead atoms. The Kier molecular flexibility index (Phi) is 12.9. The van der Waals surface area contributed by atoms with E-state index in [-0.39, 0.29) is 12.8 Å². The zero-order chi connectivity index (χ0) is 34.7. The molecule has 10 N–H and O–H groups in total. The van der Waals surface area contributed by atoms with Gasteiger partial charge in [-0.25, -0.2) is 4.79 Å². The number of nitrogens with zero attached hydrogens (tertiary/aromatic N) is 2. The summed E-state index contributed by atoms with van der Waals surface area (Å²) < 4.78 is 27.4. The van der Waals surface area contributed by atoms with E-state index in [4.69, 9.17) is 28.5 Å². The van der Waals surface area contributed by atoms with Gasteiger partial charge in [0.05, 0.1) is 19.8 Å². The van der Waals surface area contributed by atoms with Crippen LogP contribution < -0.4 is 0 Å². The molecule has 4 fully saturated rings. The van der Waals surface area contributed by atoms with Gasteiger partial charge in [0, 0.05) is 19.9 Å². The smallest absolute Gasteiger partial charge is 0.360 e. The summed E-state index contributed by atoms with van der Waals surface area (Å²) in [6.07, 6.45) is -26.5. The molecule has 22 nitrogen and oxygen atoms in total. The Balaban J connectivity index is 1.40. The number of likely N-dealkylation sites (N-methyl/N-ethyl adjacent to an activating group) is 1. The van der Waals surface area contributed by atoms with E-state index in [1.165, 1.54) is 7.05 Å². The third-order valence-corrected chi connectivity index (χ3v) is 8.04. The lowest BCUT2D eigenvalue weighted by atomic mass is 9.95. The predicted molar refractivity (Wildman–Crippen MR) is 140 cm³/mol. The Morgan fingerprint density at radius 3 is 1.81 bits per heavy atom. The predicted octanol–water partition coefficient (Wildman–Crippen LogP) is -8.09. The number of carbonyl (C=O) groups is 3. The molecule has 47 heavy (non-hydrogen) atoms. The molecule has 0 spiro atoms. The first-order chi connectivity index (χ1) is 22.2. The van der Waals surface area contributed by atoms with E-state index in [9.17, 15) is 65.4 Å². The SMILES string of the molecule is CN(OCC(=O)ON1C(=O)CCC1=O)C1OC(CO)C(OC2OC(CO)C(O)C(OC3OC(CO)C(O)C(O)C3O)C2O)C(O)C1O. The maximum Gasteiger partial charge on any atom is 0.360 e. The molecular formula is C25H40N2O20. The third-order valence-electron chi connectivity index (χ3n) is 8.04. The van der Waals surface area contributed by atoms with Crippen molar-refractivity contribution in [1.82, 2.24) is 10.1 Å². The fourth-order valence-electron chi connectivity index (χ4n) is 5.37. The number of ether oxygens (including phenoxy) is 5. The Labute approximate surface area is 265 Å². The molecule has 270 valence electrons. The van der Waals surface area contributed by atoms with Crippen molar-refractivity contribution in [3.63, 3.8) is 0 Å². The van der Waals surface area contributed by atoms with Crippen LogP contribution in [-0.4, -0.2) is 205 Å². The summed E-state index contributed by atoms with van der Waals surface area (Å²) in [6, 6.07) is 0. The van der Waals surface area contributed by atoms with Crippen molar-refractivity contribution in [2.24, 2.45) is 0 Å². The van der Waals surface area contributed by atoms with Gasteiger partial charge >= 0.3 is 5.97 Å². The fraction of sp³-hybridized carbons (Fsp3) is 0.880. The second kappa shape index (κ2) is 16.1. The van der Waals surface area contributed by atoms with Crippen LogP contribution >= 0.6 is 0 Å². The summed E-state index contributed by atoms with van der Waals surface area (Å²) in [5.41, 5.74) is 0. The highest BCUT2D eigenvalue weighted by atomic mass is 16.8. The normalized spacial score (nSPS) is 43.1. The van der Waals surface area contributed by atoms with Crippen LogP contribution in [0.2, 0.25) is 0 Å². The van der Waals surface area contributed by atoms with Crippen LogP contribution in [0, 0.1) is 0 Å². The third kappa shape index (κ3) is 8.05. The lowest BCUT2D eigenvalue weighted by Crippen LogP contribution is -2.67. The summed E-state index contributed by atoms with van der Waals surface area (Å²) in [6.45, 7) is -3.40. The number of hydrogen-bond donors (Lipinski definition) is 10. The van der Waals surface area contributed by atoms with Crippen molar-refractivity contribution in [3.05, 3.63) is 0 Å². The topological polar surface area (TPSA) is 325 Å². The highest BCUT2D eigenvalue weighted by Gasteiger charge is 2.54. The van der Waals surface area contributed by atoms with Crippen molar-refractivity contribution < 1.29 is 98.8 Å². The molecule has 0 aliphatic carbocycles. The number of amides is 2. The molecule has 4 aliphatic rings. The molecule has 15 unspecified atom stereocenters. The molecule has 15 atom stereocenters. The van der Waals surface area contributed by atoms with E-state index in [0.29, 0.717) is 5.06 Å². The van der Waals surface area contributed by atoms with Crippen molar-refractivity contribution in [2.75, 3.05) is 33.5 Å². The lowest BCUT2D eigenvalue weighted by Gasteiger charge is -2.48. The molecule has 0 aromatic carbocycles. The molecule has 4 rings (SSSR count). The van der Waals surface area contributed by atoms with E-state index in [2.05, 4.69) is 4.84 Å². The summed E-state index contributed by atoms with van der Waals surface area (Å²) in [5.74, 6) is -2.60. The van der Waals surface area contributed by atoms with Gasteiger partial charge in [0.25, 0.3) is 11.8 Å². The summed E-state index contributed by atoms with van der Waals surface area (Å²) in [5, 5.41) is 104. The van der Waals surface area contributed by atoms with Crippen molar-refractivity contribution in [3.8, 4) is 0 Å². The van der Waals surface area contributed by atoms with Gasteiger partial charge in [0.2, 0.25) is 0 Å². The average molecular weight is 689 g/mol. The molecule has 22 heteroatoms. The van der Waals surface area contributed by atoms with Gasteiger partial charge in [-0.05, 0) is 0 Å². The number of imide groups is 1. The summed E-state index contributed by atoms with van der Waals surface area (Å²) in [4.78, 5) is 45.2. The number of aliphatic hydroxyl groups is 10. The molecule has 0 aromatic rings. The molecule has 4 aliphatic heterocycles. The molecule has 0 saturated carbocycles. The van der Waals surface area contributed by atoms with Crippen LogP contribution in [0.4, 0.5) is 0 Å². The molecule has 0 radical (unpaired) electrons. The van der Waals surface area contributed by atoms with Gasteiger partial charge in [-0.1, -0.05) is 0 Å². The number of carbonyl (C=O) groups excluding carboxylic acids is 3. The number of hydrogen-bond acceptors (Lipinski definition) is 21. The Hall–Kier alpha value is -2.07. The van der Waals surface area contributed by atoms with Gasteiger partial charge in [-0.2, -0.15) is 5.06 Å². The first-order valence-electron chi connectivity index (χ1n) is 14.5. The minimum absolute atomic E-state index is 0.130. The number of rotatable bonds is 12. The second-order valence-electron chi connectivity index (χ2n) is 11.2. The fourth-order valence-corrected chi connectivity index (χ4v) is 5.37. The van der Waals surface area contributed by atoms with Crippen LogP contribution in [-0.2, 0) is 47.7 Å². The maximum atomic E-state index is 12.1. The van der Waals surface area contributed by atoms with E-state index >= 15 is 0 Å². The van der Waals surface area contributed by atoms with E-state index in [1.807, 2.05) is 0 Å². The van der Waals surface area contributed by atoms with E-state index < -0.39 is 136 Å². The minimum atomic E-state index is -1.99. The minimum Gasteiger partial charge on any atom is -0.394 e. The van der Waals surface area contributed by atoms with Gasteiger partial charge in [-0.15, -0.1) is 5.06 Å². The lowest BCUT2D eigenvalue weighted by molar-refractivity contribution is -0.383. The van der Waals surface area contributed by atoms with Crippen LogP contribution in [0.15, 0.2) is 0 Å². The van der Waals surface area contributed by atoms with E-state index in [0.717, 1.165) is 5.06 Å². The average Bonchev–Trinajstić information content (AvgIpc) is 3.37. The van der Waals surface area contributed by atoms with Crippen molar-refractivity contribution in [1.29, 1.82) is 0 Å². The second-order valence-corrected chi connectivity index (χ2v) is 11.2. The zero-order valence-corrected chi connectivity index (χ0v) is 24.9. The summed E-state index contributed by atoms with van der Waals surface area (Å²) in [7, 11) is 1.18. The van der Waals surface area contributed by atoms with Gasteiger partial charge < -0.3 is 79.6 Å². The number of aliphatic hydroxyl groups excluding tert-OH is 10. The summed E-state index contributed by atoms with van der Waals surface area (Å²) >= 11 is 0. The molecule has 2 amide bonds. The Morgan fingerprint density at radius 1 is 0.702 bits per heavy atom. The highest BCUT2D eigenvalue weighted by Crippen LogP contribution is 2.33. The zero-order valence-electron chi connectivity index (χ0n) is 24.9. The Bertz CT molecular complexity index is 1070. The molecule has 0 aromatic heterocycles. The van der Waals surface area contributed by atoms with Gasteiger partial charge in [0.1, 0.15) is 73.2 Å². The quantitative estimate of drug-likeness (QED) is 0.0672. The highest BCUT2D eigenvalue weighted by molar-refractivity contribution is 6.01. The molecule has 4 saturated heterocycles. The largest absolute Gasteiger partial charge is 0.394 e. The monoisotopic (exact) mass is 688 g/mol. The maximum absolute atomic E-state index is 12.1. The Morgan fingerprint density at radius 2 is 1.23 bits per heavy atom. The standard InChI is InChI=1S/C25H40N2O20/c1-26(41-7-13(33)47-27-11(31)2-3-12(27)32)23-18(38)17(37)21(10(6-30)42-23)45-25-20(40)22(15(35)9(5-29)44-25)46-24-19(39)16(36)14(34)8(4-28)43-24/h8-10,14-25,28-30,34-40H,2-7H2,1H3. The van der Waals surface area contributed by atoms with Gasteiger partial charge in [-0.3, -0.25) is 14.4 Å².